The third kappa shape index (κ3) is 4.09. The van der Waals surface area contributed by atoms with Crippen LogP contribution >= 0.6 is 27.7 Å². The molecular weight excluding hydrogens is 311 g/mol. The van der Waals surface area contributed by atoms with E-state index in [0.717, 1.165) is 0 Å². The third-order valence-corrected chi connectivity index (χ3v) is 2.83. The summed E-state index contributed by atoms with van der Waals surface area (Å²) >= 11 is 2.90. The van der Waals surface area contributed by atoms with Crippen LogP contribution in [0.15, 0.2) is 16.7 Å². The van der Waals surface area contributed by atoms with Crippen molar-refractivity contribution in [2.45, 2.75) is 12.1 Å². The van der Waals surface area contributed by atoms with E-state index in [1.54, 1.807) is 0 Å². The minimum absolute atomic E-state index is 0.00257. The number of hydrogen-bond acceptors (Lipinski definition) is 2. The predicted octanol–water partition coefficient (Wildman–Crippen LogP) is 3.20. The highest BCUT2D eigenvalue weighted by Crippen LogP contribution is 2.30. The second-order valence-electron chi connectivity index (χ2n) is 2.84. The highest BCUT2D eigenvalue weighted by atomic mass is 79.9. The zero-order chi connectivity index (χ0) is 12.3. The second-order valence-corrected chi connectivity index (χ2v) is 4.91. The van der Waals surface area contributed by atoms with Gasteiger partial charge in [0, 0.05) is 23.0 Å². The van der Waals surface area contributed by atoms with E-state index in [4.69, 9.17) is 5.11 Å². The lowest BCUT2D eigenvalue weighted by molar-refractivity contribution is -0.0328. The fourth-order valence-electron chi connectivity index (χ4n) is 1.10. The van der Waals surface area contributed by atoms with Crippen molar-refractivity contribution in [1.29, 1.82) is 0 Å². The maximum atomic E-state index is 11.9. The van der Waals surface area contributed by atoms with Crippen molar-refractivity contribution in [3.05, 3.63) is 22.4 Å². The number of thioether (sulfide) groups is 1. The van der Waals surface area contributed by atoms with Crippen LogP contribution in [0.2, 0.25) is 0 Å². The molecule has 1 rings (SSSR count). The molecule has 1 heterocycles. The summed E-state index contributed by atoms with van der Waals surface area (Å²) in [4.78, 5) is 10.7. The van der Waals surface area contributed by atoms with Crippen LogP contribution in [0.5, 0.6) is 0 Å². The van der Waals surface area contributed by atoms with Gasteiger partial charge in [0.2, 0.25) is 0 Å². The van der Waals surface area contributed by atoms with E-state index in [9.17, 15) is 18.0 Å². The summed E-state index contributed by atoms with van der Waals surface area (Å²) < 4.78 is 37.4. The number of hydrogen-bond donors (Lipinski definition) is 1. The molecule has 1 aromatic rings. The summed E-state index contributed by atoms with van der Waals surface area (Å²) in [7, 11) is 0. The first-order valence-electron chi connectivity index (χ1n) is 4.09. The number of nitrogens with zero attached hydrogens (tertiary/aromatic N) is 1. The molecule has 0 bridgehead atoms. The van der Waals surface area contributed by atoms with Crippen LogP contribution in [0.1, 0.15) is 10.5 Å². The minimum Gasteiger partial charge on any atom is -0.477 e. The number of carbonyl (C=O) groups is 1. The van der Waals surface area contributed by atoms with Crippen LogP contribution in [0, 0.1) is 0 Å². The average Bonchev–Trinajstić information content (AvgIpc) is 2.44. The SMILES string of the molecule is O=C(O)c1cc(Br)cn1CCSC(F)(F)F. The van der Waals surface area contributed by atoms with Gasteiger partial charge in [-0.05, 0) is 33.8 Å². The molecule has 16 heavy (non-hydrogen) atoms. The Labute approximate surface area is 102 Å². The van der Waals surface area contributed by atoms with Gasteiger partial charge in [-0.3, -0.25) is 0 Å². The van der Waals surface area contributed by atoms with Gasteiger partial charge in [0.1, 0.15) is 5.69 Å². The fourth-order valence-corrected chi connectivity index (χ4v) is 2.08. The van der Waals surface area contributed by atoms with Crippen molar-refractivity contribution >= 4 is 33.7 Å². The summed E-state index contributed by atoms with van der Waals surface area (Å²) in [6.07, 6.45) is 1.44. The number of aryl methyl sites for hydroxylation is 1. The highest BCUT2D eigenvalue weighted by Gasteiger charge is 2.27. The molecule has 0 aliphatic carbocycles. The van der Waals surface area contributed by atoms with Gasteiger partial charge in [-0.15, -0.1) is 0 Å². The Hall–Kier alpha value is -0.630. The maximum absolute atomic E-state index is 11.9. The summed E-state index contributed by atoms with van der Waals surface area (Å²) in [6.45, 7) is -0.00257. The van der Waals surface area contributed by atoms with Gasteiger partial charge in [0.25, 0.3) is 0 Å². The molecule has 1 N–H and O–H groups in total. The van der Waals surface area contributed by atoms with Gasteiger partial charge in [0.15, 0.2) is 0 Å². The zero-order valence-corrected chi connectivity index (χ0v) is 10.2. The van der Waals surface area contributed by atoms with Crippen LogP contribution in [0.4, 0.5) is 13.2 Å². The van der Waals surface area contributed by atoms with Crippen LogP contribution in [0.3, 0.4) is 0 Å². The Kier molecular flexibility index (Phi) is 4.31. The molecule has 0 saturated carbocycles. The fraction of sp³-hybridized carbons (Fsp3) is 0.375. The van der Waals surface area contributed by atoms with Crippen LogP contribution in [-0.2, 0) is 6.54 Å². The molecule has 0 aliphatic heterocycles. The van der Waals surface area contributed by atoms with Crippen molar-refractivity contribution in [3.63, 3.8) is 0 Å². The lowest BCUT2D eigenvalue weighted by Crippen LogP contribution is -2.11. The molecule has 0 fully saturated rings. The van der Waals surface area contributed by atoms with E-state index in [1.165, 1.54) is 16.8 Å². The van der Waals surface area contributed by atoms with E-state index in [1.807, 2.05) is 0 Å². The molecule has 0 spiro atoms. The molecule has 90 valence electrons. The smallest absolute Gasteiger partial charge is 0.441 e. The number of aromatic nitrogens is 1. The Morgan fingerprint density at radius 3 is 2.69 bits per heavy atom. The van der Waals surface area contributed by atoms with Crippen molar-refractivity contribution in [3.8, 4) is 0 Å². The van der Waals surface area contributed by atoms with E-state index in [-0.39, 0.29) is 29.8 Å². The van der Waals surface area contributed by atoms with E-state index < -0.39 is 11.5 Å². The number of carboxylic acid groups (broad SMARTS) is 1. The Balaban J connectivity index is 2.63. The number of halogens is 4. The van der Waals surface area contributed by atoms with Gasteiger partial charge in [-0.25, -0.2) is 4.79 Å². The Morgan fingerprint density at radius 2 is 2.19 bits per heavy atom. The summed E-state index contributed by atoms with van der Waals surface area (Å²) in [5, 5.41) is 8.77. The average molecular weight is 318 g/mol. The molecule has 0 saturated heterocycles. The van der Waals surface area contributed by atoms with E-state index >= 15 is 0 Å². The minimum atomic E-state index is -4.28. The molecule has 0 aromatic carbocycles. The van der Waals surface area contributed by atoms with Gasteiger partial charge in [0.05, 0.1) is 0 Å². The number of aromatic carboxylic acids is 1. The quantitative estimate of drug-likeness (QED) is 0.927. The van der Waals surface area contributed by atoms with E-state index in [0.29, 0.717) is 4.47 Å². The molecule has 3 nitrogen and oxygen atoms in total. The predicted molar refractivity (Wildman–Crippen MR) is 57.6 cm³/mol. The summed E-state index contributed by atoms with van der Waals surface area (Å²) in [6, 6.07) is 1.35. The lowest BCUT2D eigenvalue weighted by Gasteiger charge is -2.07. The Morgan fingerprint density at radius 1 is 1.56 bits per heavy atom. The molecule has 0 amide bonds. The molecule has 0 atom stereocenters. The monoisotopic (exact) mass is 317 g/mol. The molecule has 1 aromatic heterocycles. The molecule has 0 aliphatic rings. The van der Waals surface area contributed by atoms with E-state index in [2.05, 4.69) is 15.9 Å². The first kappa shape index (κ1) is 13.4. The van der Waals surface area contributed by atoms with Crippen molar-refractivity contribution in [1.82, 2.24) is 4.57 Å². The van der Waals surface area contributed by atoms with Gasteiger partial charge >= 0.3 is 11.5 Å². The summed E-state index contributed by atoms with van der Waals surface area (Å²) in [5.74, 6) is -1.38. The molecule has 8 heteroatoms. The van der Waals surface area contributed by atoms with Crippen LogP contribution < -0.4 is 0 Å². The van der Waals surface area contributed by atoms with Crippen LogP contribution in [-0.4, -0.2) is 26.9 Å². The van der Waals surface area contributed by atoms with Crippen molar-refractivity contribution < 1.29 is 23.1 Å². The normalized spacial score (nSPS) is 11.8. The largest absolute Gasteiger partial charge is 0.477 e. The molecular formula is C8H7BrF3NO2S. The van der Waals surface area contributed by atoms with Gasteiger partial charge in [-0.1, -0.05) is 0 Å². The molecule has 0 radical (unpaired) electrons. The highest BCUT2D eigenvalue weighted by molar-refractivity contribution is 9.10. The maximum Gasteiger partial charge on any atom is 0.441 e. The lowest BCUT2D eigenvalue weighted by atomic mass is 10.4. The van der Waals surface area contributed by atoms with Crippen molar-refractivity contribution in [2.24, 2.45) is 0 Å². The first-order valence-corrected chi connectivity index (χ1v) is 5.87. The summed E-state index contributed by atoms with van der Waals surface area (Å²) in [5.41, 5.74) is -4.32. The topological polar surface area (TPSA) is 42.2 Å². The number of carboxylic acids is 1. The van der Waals surface area contributed by atoms with Gasteiger partial charge in [-0.2, -0.15) is 13.2 Å². The Bertz CT molecular complexity index is 391. The standard InChI is InChI=1S/C8H7BrF3NO2S/c9-5-3-6(7(14)15)13(4-5)1-2-16-8(10,11)12/h3-4H,1-2H2,(H,14,15). The van der Waals surface area contributed by atoms with Crippen molar-refractivity contribution in [2.75, 3.05) is 5.75 Å². The zero-order valence-electron chi connectivity index (χ0n) is 7.79. The number of rotatable bonds is 4. The third-order valence-electron chi connectivity index (χ3n) is 1.68. The molecule has 0 unspecified atom stereocenters. The van der Waals surface area contributed by atoms with Gasteiger partial charge < -0.3 is 9.67 Å². The van der Waals surface area contributed by atoms with Crippen LogP contribution in [0.25, 0.3) is 0 Å². The first-order chi connectivity index (χ1) is 7.29. The number of alkyl halides is 3. The second kappa shape index (κ2) is 5.13.